The number of rotatable bonds is 8. The van der Waals surface area contributed by atoms with Crippen LogP contribution in [0.5, 0.6) is 0 Å². The van der Waals surface area contributed by atoms with Crippen LogP contribution in [0.4, 0.5) is 0 Å². The first kappa shape index (κ1) is 13.6. The highest BCUT2D eigenvalue weighted by Gasteiger charge is 2.19. The number of thioether (sulfide) groups is 1. The molecule has 2 N–H and O–H groups in total. The maximum Gasteiger partial charge on any atom is 0.251 e. The van der Waals surface area contributed by atoms with E-state index < -0.39 is 0 Å². The molecule has 0 atom stereocenters. The van der Waals surface area contributed by atoms with Gasteiger partial charge >= 0.3 is 0 Å². The normalized spacial score (nSPS) is 14.9. The van der Waals surface area contributed by atoms with Gasteiger partial charge in [0.1, 0.15) is 0 Å². The van der Waals surface area contributed by atoms with Crippen LogP contribution in [-0.4, -0.2) is 28.3 Å². The minimum Gasteiger partial charge on any atom is -0.314 e. The molecule has 100 valence electrons. The van der Waals surface area contributed by atoms with E-state index in [0.29, 0.717) is 0 Å². The summed E-state index contributed by atoms with van der Waals surface area (Å²) in [6.45, 7) is 3.16. The van der Waals surface area contributed by atoms with Crippen molar-refractivity contribution in [2.75, 3.05) is 12.3 Å². The summed E-state index contributed by atoms with van der Waals surface area (Å²) in [5.74, 6) is 0.998. The lowest BCUT2D eigenvalue weighted by atomic mass is 10.2. The quantitative estimate of drug-likeness (QED) is 0.429. The van der Waals surface area contributed by atoms with Crippen LogP contribution in [0, 0.1) is 0 Å². The van der Waals surface area contributed by atoms with E-state index in [0.717, 1.165) is 48.5 Å². The summed E-state index contributed by atoms with van der Waals surface area (Å²) >= 11 is 1.64. The monoisotopic (exact) mass is 267 g/mol. The Labute approximate surface area is 112 Å². The lowest BCUT2D eigenvalue weighted by molar-refractivity contribution is 0.673. The van der Waals surface area contributed by atoms with Gasteiger partial charge in [0, 0.05) is 23.6 Å². The Kier molecular flexibility index (Phi) is 5.26. The summed E-state index contributed by atoms with van der Waals surface area (Å²) in [5, 5.41) is 4.24. The molecule has 1 aromatic rings. The number of H-pyrrole nitrogens is 1. The summed E-state index contributed by atoms with van der Waals surface area (Å²) < 4.78 is 0. The first-order chi connectivity index (χ1) is 8.78. The number of hydrogen-bond donors (Lipinski definition) is 2. The summed E-state index contributed by atoms with van der Waals surface area (Å²) in [4.78, 5) is 18.7. The van der Waals surface area contributed by atoms with E-state index in [-0.39, 0.29) is 5.56 Å². The van der Waals surface area contributed by atoms with Crippen molar-refractivity contribution in [2.45, 2.75) is 50.2 Å². The molecule has 1 aromatic heterocycles. The summed E-state index contributed by atoms with van der Waals surface area (Å²) in [7, 11) is 0. The molecule has 2 rings (SSSR count). The Morgan fingerprint density at radius 1 is 1.56 bits per heavy atom. The average Bonchev–Trinajstić information content (AvgIpc) is 3.12. The van der Waals surface area contributed by atoms with E-state index in [1.165, 1.54) is 12.8 Å². The van der Waals surface area contributed by atoms with Crippen molar-refractivity contribution in [3.63, 3.8) is 0 Å². The zero-order valence-corrected chi connectivity index (χ0v) is 11.7. The Morgan fingerprint density at radius 2 is 2.39 bits per heavy atom. The van der Waals surface area contributed by atoms with Gasteiger partial charge in [0.15, 0.2) is 5.16 Å². The van der Waals surface area contributed by atoms with Crippen LogP contribution in [-0.2, 0) is 6.42 Å². The van der Waals surface area contributed by atoms with Crippen molar-refractivity contribution in [3.8, 4) is 0 Å². The van der Waals surface area contributed by atoms with Crippen LogP contribution in [0.15, 0.2) is 16.0 Å². The van der Waals surface area contributed by atoms with Gasteiger partial charge in [0.05, 0.1) is 0 Å². The topological polar surface area (TPSA) is 57.8 Å². The second-order valence-electron chi connectivity index (χ2n) is 4.72. The Balaban J connectivity index is 1.74. The lowest BCUT2D eigenvalue weighted by Crippen LogP contribution is -2.18. The minimum absolute atomic E-state index is 0.0351. The highest BCUT2D eigenvalue weighted by molar-refractivity contribution is 7.99. The van der Waals surface area contributed by atoms with Gasteiger partial charge in [-0.3, -0.25) is 4.79 Å². The van der Waals surface area contributed by atoms with E-state index in [4.69, 9.17) is 0 Å². The summed E-state index contributed by atoms with van der Waals surface area (Å²) in [6.07, 6.45) is 5.68. The zero-order chi connectivity index (χ0) is 12.8. The molecule has 0 spiro atoms. The van der Waals surface area contributed by atoms with Crippen LogP contribution in [0.3, 0.4) is 0 Å². The van der Waals surface area contributed by atoms with Gasteiger partial charge in [0.25, 0.3) is 5.56 Å². The largest absolute Gasteiger partial charge is 0.314 e. The molecule has 0 aliphatic heterocycles. The van der Waals surface area contributed by atoms with E-state index in [1.54, 1.807) is 17.8 Å². The standard InChI is InChI=1S/C13H21N3OS/c1-2-4-11-9-12(17)16-13(15-11)18-8-3-7-14-10-5-6-10/h9-10,14H,2-8H2,1H3,(H,15,16,17). The third-order valence-electron chi connectivity index (χ3n) is 2.85. The van der Waals surface area contributed by atoms with Gasteiger partial charge in [-0.15, -0.1) is 0 Å². The number of aryl methyl sites for hydroxylation is 1. The fourth-order valence-corrected chi connectivity index (χ4v) is 2.61. The van der Waals surface area contributed by atoms with Crippen molar-refractivity contribution in [1.29, 1.82) is 0 Å². The van der Waals surface area contributed by atoms with Gasteiger partial charge in [-0.1, -0.05) is 25.1 Å². The molecule has 0 unspecified atom stereocenters. The molecule has 0 aromatic carbocycles. The molecule has 0 amide bonds. The fourth-order valence-electron chi connectivity index (χ4n) is 1.77. The Bertz CT molecular complexity index is 428. The smallest absolute Gasteiger partial charge is 0.251 e. The summed E-state index contributed by atoms with van der Waals surface area (Å²) in [5.41, 5.74) is 0.868. The third-order valence-corrected chi connectivity index (χ3v) is 3.81. The predicted octanol–water partition coefficient (Wildman–Crippen LogP) is 1.96. The van der Waals surface area contributed by atoms with E-state index in [1.807, 2.05) is 0 Å². The highest BCUT2D eigenvalue weighted by Crippen LogP contribution is 2.18. The van der Waals surface area contributed by atoms with Crippen LogP contribution in [0.25, 0.3) is 0 Å². The van der Waals surface area contributed by atoms with E-state index in [9.17, 15) is 4.79 Å². The van der Waals surface area contributed by atoms with Crippen LogP contribution >= 0.6 is 11.8 Å². The Hall–Kier alpha value is -0.810. The molecule has 0 radical (unpaired) electrons. The van der Waals surface area contributed by atoms with Crippen molar-refractivity contribution in [3.05, 3.63) is 22.1 Å². The van der Waals surface area contributed by atoms with Gasteiger partial charge in [-0.2, -0.15) is 0 Å². The highest BCUT2D eigenvalue weighted by atomic mass is 32.2. The van der Waals surface area contributed by atoms with Crippen molar-refractivity contribution in [2.24, 2.45) is 0 Å². The van der Waals surface area contributed by atoms with E-state index in [2.05, 4.69) is 22.2 Å². The molecule has 0 saturated heterocycles. The van der Waals surface area contributed by atoms with Gasteiger partial charge in [-0.05, 0) is 32.2 Å². The number of nitrogens with zero attached hydrogens (tertiary/aromatic N) is 1. The third kappa shape index (κ3) is 4.82. The van der Waals surface area contributed by atoms with Crippen molar-refractivity contribution >= 4 is 11.8 Å². The number of nitrogens with one attached hydrogen (secondary N) is 2. The van der Waals surface area contributed by atoms with Crippen LogP contribution in [0.2, 0.25) is 0 Å². The van der Waals surface area contributed by atoms with E-state index >= 15 is 0 Å². The molecule has 1 aliphatic carbocycles. The molecule has 1 heterocycles. The number of aromatic nitrogens is 2. The molecule has 1 saturated carbocycles. The molecule has 0 bridgehead atoms. The van der Waals surface area contributed by atoms with Crippen molar-refractivity contribution in [1.82, 2.24) is 15.3 Å². The molecular weight excluding hydrogens is 246 g/mol. The van der Waals surface area contributed by atoms with Crippen LogP contribution < -0.4 is 10.9 Å². The molecule has 5 heteroatoms. The molecular formula is C13H21N3OS. The molecule has 4 nitrogen and oxygen atoms in total. The van der Waals surface area contributed by atoms with Gasteiger partial charge in [-0.25, -0.2) is 4.98 Å². The van der Waals surface area contributed by atoms with Gasteiger partial charge < -0.3 is 10.3 Å². The zero-order valence-electron chi connectivity index (χ0n) is 10.9. The average molecular weight is 267 g/mol. The first-order valence-corrected chi connectivity index (χ1v) is 7.73. The molecule has 1 aliphatic rings. The van der Waals surface area contributed by atoms with Crippen LogP contribution in [0.1, 0.15) is 38.3 Å². The summed E-state index contributed by atoms with van der Waals surface area (Å²) in [6, 6.07) is 2.38. The number of aromatic amines is 1. The molecule has 1 fully saturated rings. The Morgan fingerprint density at radius 3 is 3.11 bits per heavy atom. The SMILES string of the molecule is CCCc1cc(=O)[nH]c(SCCCNC2CC2)n1. The maximum absolute atomic E-state index is 11.5. The molecule has 18 heavy (non-hydrogen) atoms. The first-order valence-electron chi connectivity index (χ1n) is 6.74. The minimum atomic E-state index is -0.0351. The predicted molar refractivity (Wildman–Crippen MR) is 75.2 cm³/mol. The number of hydrogen-bond acceptors (Lipinski definition) is 4. The maximum atomic E-state index is 11.5. The lowest BCUT2D eigenvalue weighted by Gasteiger charge is -2.04. The van der Waals surface area contributed by atoms with Gasteiger partial charge in [0.2, 0.25) is 0 Å². The second-order valence-corrected chi connectivity index (χ2v) is 5.81. The van der Waals surface area contributed by atoms with Crippen molar-refractivity contribution < 1.29 is 0 Å². The second kappa shape index (κ2) is 6.95. The fraction of sp³-hybridized carbons (Fsp3) is 0.692.